The van der Waals surface area contributed by atoms with Crippen molar-refractivity contribution in [3.8, 4) is 17.0 Å². The maximum atomic E-state index is 5.36. The smallest absolute Gasteiger partial charge is 0.128 e. The van der Waals surface area contributed by atoms with Gasteiger partial charge in [-0.3, -0.25) is 4.68 Å². The monoisotopic (exact) mass is 280 g/mol. The lowest BCUT2D eigenvalue weighted by atomic mass is 10.1. The summed E-state index contributed by atoms with van der Waals surface area (Å²) in [6, 6.07) is 7.99. The van der Waals surface area contributed by atoms with Gasteiger partial charge in [-0.25, -0.2) is 0 Å². The van der Waals surface area contributed by atoms with Gasteiger partial charge in [0.05, 0.1) is 18.5 Å². The number of nitrogens with zero attached hydrogens (tertiary/aromatic N) is 2. The Balaban J connectivity index is 2.62. The fourth-order valence-electron chi connectivity index (χ4n) is 1.74. The molecule has 2 rings (SSSR count). The van der Waals surface area contributed by atoms with Crippen LogP contribution in [0.1, 0.15) is 5.69 Å². The summed E-state index contributed by atoms with van der Waals surface area (Å²) in [5, 5.41) is 4.34. The number of aromatic nitrogens is 2. The zero-order chi connectivity index (χ0) is 11.7. The van der Waals surface area contributed by atoms with Crippen LogP contribution in [-0.2, 0) is 7.05 Å². The van der Waals surface area contributed by atoms with Gasteiger partial charge in [-0.1, -0.05) is 15.9 Å². The van der Waals surface area contributed by atoms with Crippen molar-refractivity contribution in [3.63, 3.8) is 0 Å². The number of rotatable bonds is 2. The molecule has 4 heteroatoms. The molecule has 0 spiro atoms. The fraction of sp³-hybridized carbons (Fsp3) is 0.250. The molecular formula is C12H13BrN2O. The highest BCUT2D eigenvalue weighted by Gasteiger charge is 2.11. The summed E-state index contributed by atoms with van der Waals surface area (Å²) in [6.45, 7) is 1.98. The highest BCUT2D eigenvalue weighted by Crippen LogP contribution is 2.32. The molecule has 0 amide bonds. The zero-order valence-corrected chi connectivity index (χ0v) is 11.1. The average molecular weight is 281 g/mol. The number of hydrogen-bond acceptors (Lipinski definition) is 2. The molecule has 0 bridgehead atoms. The normalized spacial score (nSPS) is 10.5. The van der Waals surface area contributed by atoms with Gasteiger partial charge in [-0.05, 0) is 31.2 Å². The van der Waals surface area contributed by atoms with Gasteiger partial charge in [-0.15, -0.1) is 0 Å². The number of ether oxygens (including phenoxy) is 1. The molecule has 0 saturated heterocycles. The third-order valence-electron chi connectivity index (χ3n) is 2.44. The topological polar surface area (TPSA) is 27.1 Å². The maximum Gasteiger partial charge on any atom is 0.128 e. The summed E-state index contributed by atoms with van der Waals surface area (Å²) in [6.07, 6.45) is 0. The van der Waals surface area contributed by atoms with E-state index in [2.05, 4.69) is 21.0 Å². The summed E-state index contributed by atoms with van der Waals surface area (Å²) < 4.78 is 8.25. The second kappa shape index (κ2) is 4.29. The predicted octanol–water partition coefficient (Wildman–Crippen LogP) is 3.17. The first-order valence-electron chi connectivity index (χ1n) is 4.96. The van der Waals surface area contributed by atoms with Crippen molar-refractivity contribution in [2.24, 2.45) is 7.05 Å². The van der Waals surface area contributed by atoms with Crippen LogP contribution >= 0.6 is 15.9 Å². The molecule has 16 heavy (non-hydrogen) atoms. The van der Waals surface area contributed by atoms with Gasteiger partial charge in [-0.2, -0.15) is 5.10 Å². The molecule has 0 N–H and O–H groups in total. The second-order valence-corrected chi connectivity index (χ2v) is 4.55. The lowest BCUT2D eigenvalue weighted by Crippen LogP contribution is -1.96. The van der Waals surface area contributed by atoms with Crippen LogP contribution in [-0.4, -0.2) is 16.9 Å². The third-order valence-corrected chi connectivity index (χ3v) is 2.93. The number of hydrogen-bond donors (Lipinski definition) is 0. The number of halogens is 1. The van der Waals surface area contributed by atoms with Crippen molar-refractivity contribution < 1.29 is 4.74 Å². The lowest BCUT2D eigenvalue weighted by molar-refractivity contribution is 0.416. The quantitative estimate of drug-likeness (QED) is 0.845. The Morgan fingerprint density at radius 1 is 1.31 bits per heavy atom. The number of aryl methyl sites for hydroxylation is 2. The Hall–Kier alpha value is -1.29. The Morgan fingerprint density at radius 3 is 2.62 bits per heavy atom. The van der Waals surface area contributed by atoms with Gasteiger partial charge in [0.1, 0.15) is 5.75 Å². The van der Waals surface area contributed by atoms with Crippen molar-refractivity contribution in [1.82, 2.24) is 9.78 Å². The van der Waals surface area contributed by atoms with Crippen molar-refractivity contribution in [3.05, 3.63) is 34.4 Å². The molecule has 0 aliphatic heterocycles. The van der Waals surface area contributed by atoms with Crippen LogP contribution < -0.4 is 4.74 Å². The van der Waals surface area contributed by atoms with E-state index < -0.39 is 0 Å². The molecule has 1 heterocycles. The molecule has 3 nitrogen and oxygen atoms in total. The summed E-state index contributed by atoms with van der Waals surface area (Å²) in [7, 11) is 3.61. The van der Waals surface area contributed by atoms with E-state index >= 15 is 0 Å². The highest BCUT2D eigenvalue weighted by atomic mass is 79.9. The standard InChI is InChI=1S/C12H13BrN2O/c1-8-6-11(15(2)14-8)10-7-9(13)4-5-12(10)16-3/h4-7H,1-3H3. The van der Waals surface area contributed by atoms with E-state index in [9.17, 15) is 0 Å². The van der Waals surface area contributed by atoms with Crippen LogP contribution in [0, 0.1) is 6.92 Å². The summed E-state index contributed by atoms with van der Waals surface area (Å²) >= 11 is 3.47. The van der Waals surface area contributed by atoms with E-state index in [-0.39, 0.29) is 0 Å². The predicted molar refractivity (Wildman–Crippen MR) is 67.6 cm³/mol. The van der Waals surface area contributed by atoms with E-state index in [1.54, 1.807) is 7.11 Å². The molecule has 0 atom stereocenters. The minimum absolute atomic E-state index is 0.853. The van der Waals surface area contributed by atoms with Crippen LogP contribution in [0.3, 0.4) is 0 Å². The van der Waals surface area contributed by atoms with Gasteiger partial charge in [0.25, 0.3) is 0 Å². The van der Waals surface area contributed by atoms with Crippen LogP contribution in [0.25, 0.3) is 11.3 Å². The van der Waals surface area contributed by atoms with Gasteiger partial charge in [0.2, 0.25) is 0 Å². The van der Waals surface area contributed by atoms with E-state index in [0.717, 1.165) is 27.2 Å². The van der Waals surface area contributed by atoms with Gasteiger partial charge >= 0.3 is 0 Å². The molecule has 0 aliphatic rings. The van der Waals surface area contributed by atoms with Gasteiger partial charge in [0.15, 0.2) is 0 Å². The van der Waals surface area contributed by atoms with Crippen LogP contribution in [0.4, 0.5) is 0 Å². The first kappa shape index (κ1) is 11.2. The van der Waals surface area contributed by atoms with E-state index in [1.807, 2.05) is 42.9 Å². The molecule has 0 saturated carbocycles. The number of methoxy groups -OCH3 is 1. The lowest BCUT2D eigenvalue weighted by Gasteiger charge is -2.08. The number of benzene rings is 1. The second-order valence-electron chi connectivity index (χ2n) is 3.64. The third kappa shape index (κ3) is 1.97. The van der Waals surface area contributed by atoms with Crippen LogP contribution in [0.5, 0.6) is 5.75 Å². The Labute approximate surface area is 103 Å². The Morgan fingerprint density at radius 2 is 2.06 bits per heavy atom. The van der Waals surface area contributed by atoms with Crippen LogP contribution in [0.2, 0.25) is 0 Å². The molecule has 1 aromatic heterocycles. The molecule has 2 aromatic rings. The maximum absolute atomic E-state index is 5.36. The van der Waals surface area contributed by atoms with Crippen molar-refractivity contribution in [2.75, 3.05) is 7.11 Å². The molecular weight excluding hydrogens is 268 g/mol. The van der Waals surface area contributed by atoms with Gasteiger partial charge in [0, 0.05) is 17.1 Å². The molecule has 0 aliphatic carbocycles. The molecule has 0 unspecified atom stereocenters. The highest BCUT2D eigenvalue weighted by molar-refractivity contribution is 9.10. The van der Waals surface area contributed by atoms with Crippen molar-refractivity contribution >= 4 is 15.9 Å². The Bertz CT molecular complexity index is 520. The van der Waals surface area contributed by atoms with Crippen LogP contribution in [0.15, 0.2) is 28.7 Å². The minimum atomic E-state index is 0.853. The first-order valence-corrected chi connectivity index (χ1v) is 5.75. The Kier molecular flexibility index (Phi) is 3.01. The molecule has 0 radical (unpaired) electrons. The summed E-state index contributed by atoms with van der Waals surface area (Å²) in [5.74, 6) is 0.853. The van der Waals surface area contributed by atoms with Gasteiger partial charge < -0.3 is 4.74 Å². The first-order chi connectivity index (χ1) is 7.61. The minimum Gasteiger partial charge on any atom is -0.496 e. The van der Waals surface area contributed by atoms with E-state index in [4.69, 9.17) is 4.74 Å². The SMILES string of the molecule is COc1ccc(Br)cc1-c1cc(C)nn1C. The molecule has 1 aromatic carbocycles. The van der Waals surface area contributed by atoms with Crippen molar-refractivity contribution in [1.29, 1.82) is 0 Å². The molecule has 84 valence electrons. The largest absolute Gasteiger partial charge is 0.496 e. The summed E-state index contributed by atoms with van der Waals surface area (Å²) in [5.41, 5.74) is 3.09. The average Bonchev–Trinajstić information content (AvgIpc) is 2.57. The van der Waals surface area contributed by atoms with Crippen molar-refractivity contribution in [2.45, 2.75) is 6.92 Å². The zero-order valence-electron chi connectivity index (χ0n) is 9.49. The van der Waals surface area contributed by atoms with E-state index in [0.29, 0.717) is 0 Å². The van der Waals surface area contributed by atoms with E-state index in [1.165, 1.54) is 0 Å². The fourth-order valence-corrected chi connectivity index (χ4v) is 2.10. The molecule has 0 fully saturated rings. The summed E-state index contributed by atoms with van der Waals surface area (Å²) in [4.78, 5) is 0.